The molecule has 0 fully saturated rings. The van der Waals surface area contributed by atoms with Crippen LogP contribution in [0.4, 0.5) is 8.78 Å². The maximum Gasteiger partial charge on any atom is 0.326 e. The van der Waals surface area contributed by atoms with E-state index in [1.54, 1.807) is 6.92 Å². The molecule has 0 bridgehead atoms. The van der Waals surface area contributed by atoms with Crippen molar-refractivity contribution in [2.24, 2.45) is 5.92 Å². The molecule has 0 saturated heterocycles. The van der Waals surface area contributed by atoms with Crippen molar-refractivity contribution in [1.82, 2.24) is 15.1 Å². The van der Waals surface area contributed by atoms with Gasteiger partial charge in [0.2, 0.25) is 0 Å². The van der Waals surface area contributed by atoms with Gasteiger partial charge < -0.3 is 10.4 Å². The fraction of sp³-hybridized carbons (Fsp3) is 0.312. The highest BCUT2D eigenvalue weighted by Crippen LogP contribution is 2.15. The van der Waals surface area contributed by atoms with Crippen LogP contribution in [0.15, 0.2) is 30.5 Å². The molecule has 2 rings (SSSR count). The van der Waals surface area contributed by atoms with Crippen molar-refractivity contribution >= 4 is 11.9 Å². The molecule has 128 valence electrons. The van der Waals surface area contributed by atoms with Gasteiger partial charge in [-0.2, -0.15) is 5.10 Å². The predicted octanol–water partition coefficient (Wildman–Crippen LogP) is 2.38. The van der Waals surface area contributed by atoms with E-state index in [1.807, 2.05) is 6.92 Å². The van der Waals surface area contributed by atoms with Crippen LogP contribution in [0.2, 0.25) is 0 Å². The number of carboxylic acids is 1. The molecular weight excluding hydrogens is 320 g/mol. The molecule has 8 heteroatoms. The van der Waals surface area contributed by atoms with Crippen LogP contribution in [0.3, 0.4) is 0 Å². The third-order valence-electron chi connectivity index (χ3n) is 3.74. The zero-order valence-electron chi connectivity index (χ0n) is 13.2. The molecule has 2 N–H and O–H groups in total. The lowest BCUT2D eigenvalue weighted by Crippen LogP contribution is -2.45. The van der Waals surface area contributed by atoms with E-state index in [0.29, 0.717) is 12.5 Å². The van der Waals surface area contributed by atoms with Gasteiger partial charge in [-0.25, -0.2) is 18.3 Å². The second-order valence-electron chi connectivity index (χ2n) is 5.42. The van der Waals surface area contributed by atoms with E-state index in [9.17, 15) is 23.5 Å². The van der Waals surface area contributed by atoms with Crippen molar-refractivity contribution in [3.05, 3.63) is 47.8 Å². The number of nitrogens with one attached hydrogen (secondary N) is 1. The lowest BCUT2D eigenvalue weighted by atomic mass is 9.99. The van der Waals surface area contributed by atoms with Crippen LogP contribution in [-0.2, 0) is 4.79 Å². The Kier molecular flexibility index (Phi) is 5.28. The van der Waals surface area contributed by atoms with Gasteiger partial charge in [-0.3, -0.25) is 4.79 Å². The highest BCUT2D eigenvalue weighted by atomic mass is 19.1. The fourth-order valence-corrected chi connectivity index (χ4v) is 2.14. The van der Waals surface area contributed by atoms with Gasteiger partial charge in [0.05, 0.1) is 0 Å². The molecule has 0 aliphatic carbocycles. The van der Waals surface area contributed by atoms with Gasteiger partial charge >= 0.3 is 5.97 Å². The van der Waals surface area contributed by atoms with Crippen LogP contribution < -0.4 is 5.32 Å². The molecule has 0 aliphatic heterocycles. The Bertz CT molecular complexity index is 761. The number of aromatic nitrogens is 2. The number of halogens is 2. The first-order valence-electron chi connectivity index (χ1n) is 7.38. The van der Waals surface area contributed by atoms with Crippen LogP contribution in [0.1, 0.15) is 30.8 Å². The second kappa shape index (κ2) is 7.20. The highest BCUT2D eigenvalue weighted by Gasteiger charge is 2.26. The van der Waals surface area contributed by atoms with Crippen molar-refractivity contribution in [3.8, 4) is 5.69 Å². The zero-order chi connectivity index (χ0) is 17.9. The minimum atomic E-state index is -1.14. The van der Waals surface area contributed by atoms with Gasteiger partial charge in [-0.1, -0.05) is 20.3 Å². The monoisotopic (exact) mass is 337 g/mol. The zero-order valence-corrected chi connectivity index (χ0v) is 13.2. The molecule has 2 aromatic rings. The van der Waals surface area contributed by atoms with Crippen molar-refractivity contribution in [2.45, 2.75) is 26.3 Å². The Morgan fingerprint density at radius 3 is 2.62 bits per heavy atom. The molecule has 1 amide bonds. The van der Waals surface area contributed by atoms with Crippen molar-refractivity contribution in [3.63, 3.8) is 0 Å². The lowest BCUT2D eigenvalue weighted by molar-refractivity contribution is -0.140. The lowest BCUT2D eigenvalue weighted by Gasteiger charge is -2.19. The van der Waals surface area contributed by atoms with E-state index in [-0.39, 0.29) is 17.3 Å². The van der Waals surface area contributed by atoms with E-state index >= 15 is 0 Å². The maximum atomic E-state index is 13.7. The summed E-state index contributed by atoms with van der Waals surface area (Å²) in [6.07, 6.45) is 1.91. The molecule has 0 radical (unpaired) electrons. The van der Waals surface area contributed by atoms with Gasteiger partial charge in [0.1, 0.15) is 17.5 Å². The number of aliphatic carboxylic acids is 1. The summed E-state index contributed by atoms with van der Waals surface area (Å²) in [4.78, 5) is 23.4. The molecular formula is C16H17F2N3O3. The van der Waals surface area contributed by atoms with Gasteiger partial charge in [0.25, 0.3) is 5.91 Å². The predicted molar refractivity (Wildman–Crippen MR) is 81.8 cm³/mol. The smallest absolute Gasteiger partial charge is 0.326 e. The quantitative estimate of drug-likeness (QED) is 0.848. The summed E-state index contributed by atoms with van der Waals surface area (Å²) in [6.45, 7) is 3.53. The molecule has 1 aromatic heterocycles. The molecule has 24 heavy (non-hydrogen) atoms. The van der Waals surface area contributed by atoms with Gasteiger partial charge in [-0.15, -0.1) is 0 Å². The SMILES string of the molecule is CC[C@H](C)[C@H](NC(=O)c1ccn(-c2ccc(F)cc2F)n1)C(=O)O. The summed E-state index contributed by atoms with van der Waals surface area (Å²) in [5.74, 6) is -3.62. The summed E-state index contributed by atoms with van der Waals surface area (Å²) >= 11 is 0. The average molecular weight is 337 g/mol. The van der Waals surface area contributed by atoms with Gasteiger partial charge in [-0.05, 0) is 24.1 Å². The fourth-order valence-electron chi connectivity index (χ4n) is 2.14. The van der Waals surface area contributed by atoms with Crippen LogP contribution in [0.5, 0.6) is 0 Å². The molecule has 2 atom stereocenters. The minimum Gasteiger partial charge on any atom is -0.480 e. The van der Waals surface area contributed by atoms with Crippen LogP contribution >= 0.6 is 0 Å². The Morgan fingerprint density at radius 2 is 2.04 bits per heavy atom. The van der Waals surface area contributed by atoms with Crippen molar-refractivity contribution in [1.29, 1.82) is 0 Å². The third-order valence-corrected chi connectivity index (χ3v) is 3.74. The van der Waals surface area contributed by atoms with E-state index in [0.717, 1.165) is 10.7 Å². The van der Waals surface area contributed by atoms with E-state index in [4.69, 9.17) is 0 Å². The highest BCUT2D eigenvalue weighted by molar-refractivity contribution is 5.95. The molecule has 1 aromatic carbocycles. The van der Waals surface area contributed by atoms with E-state index < -0.39 is 29.6 Å². The number of hydrogen-bond acceptors (Lipinski definition) is 3. The normalized spacial score (nSPS) is 13.3. The Morgan fingerprint density at radius 1 is 1.33 bits per heavy atom. The molecule has 0 spiro atoms. The Balaban J connectivity index is 2.20. The number of amides is 1. The summed E-state index contributed by atoms with van der Waals surface area (Å²) in [5, 5.41) is 15.5. The number of benzene rings is 1. The first kappa shape index (κ1) is 17.6. The van der Waals surface area contributed by atoms with Crippen LogP contribution in [0, 0.1) is 17.6 Å². The first-order chi connectivity index (χ1) is 11.3. The topological polar surface area (TPSA) is 84.2 Å². The molecule has 0 aliphatic rings. The summed E-state index contributed by atoms with van der Waals surface area (Å²) < 4.78 is 27.8. The number of hydrogen-bond donors (Lipinski definition) is 2. The minimum absolute atomic E-state index is 0.0211. The number of rotatable bonds is 6. The molecule has 0 unspecified atom stereocenters. The van der Waals surface area contributed by atoms with E-state index in [1.165, 1.54) is 18.3 Å². The standard InChI is InChI=1S/C16H17F2N3O3/c1-3-9(2)14(16(23)24)19-15(22)12-6-7-21(20-12)13-5-4-10(17)8-11(13)18/h4-9,14H,3H2,1-2H3,(H,19,22)(H,23,24)/t9-,14-/m0/s1. The third kappa shape index (κ3) is 3.76. The summed E-state index contributed by atoms with van der Waals surface area (Å²) in [7, 11) is 0. The maximum absolute atomic E-state index is 13.7. The molecule has 0 saturated carbocycles. The van der Waals surface area contributed by atoms with Crippen molar-refractivity contribution in [2.75, 3.05) is 0 Å². The number of carbonyl (C=O) groups is 2. The van der Waals surface area contributed by atoms with Crippen LogP contribution in [0.25, 0.3) is 5.69 Å². The average Bonchev–Trinajstić information content (AvgIpc) is 3.01. The number of carboxylic acid groups (broad SMARTS) is 1. The van der Waals surface area contributed by atoms with Gasteiger partial charge in [0, 0.05) is 12.3 Å². The number of carbonyl (C=O) groups excluding carboxylic acids is 1. The Labute approximate surface area is 137 Å². The van der Waals surface area contributed by atoms with Crippen molar-refractivity contribution < 1.29 is 23.5 Å². The van der Waals surface area contributed by atoms with Crippen LogP contribution in [-0.4, -0.2) is 32.8 Å². The van der Waals surface area contributed by atoms with Gasteiger partial charge in [0.15, 0.2) is 11.5 Å². The summed E-state index contributed by atoms with van der Waals surface area (Å²) in [5.41, 5.74) is -0.0829. The summed E-state index contributed by atoms with van der Waals surface area (Å²) in [6, 6.07) is 3.26. The molecule has 6 nitrogen and oxygen atoms in total. The molecule has 1 heterocycles. The largest absolute Gasteiger partial charge is 0.480 e. The number of nitrogens with zero attached hydrogens (tertiary/aromatic N) is 2. The Hall–Kier alpha value is -2.77. The first-order valence-corrected chi connectivity index (χ1v) is 7.38. The second-order valence-corrected chi connectivity index (χ2v) is 5.42. The van der Waals surface area contributed by atoms with E-state index in [2.05, 4.69) is 10.4 Å².